The zero-order chi connectivity index (χ0) is 14.7. The van der Waals surface area contributed by atoms with E-state index in [1.165, 1.54) is 0 Å². The van der Waals surface area contributed by atoms with Crippen LogP contribution in [-0.2, 0) is 9.53 Å². The summed E-state index contributed by atoms with van der Waals surface area (Å²) in [4.78, 5) is 22.3. The number of aromatic hydroxyl groups is 1. The van der Waals surface area contributed by atoms with Crippen molar-refractivity contribution >= 4 is 28.9 Å². The van der Waals surface area contributed by atoms with Crippen molar-refractivity contribution in [1.29, 1.82) is 0 Å². The van der Waals surface area contributed by atoms with Crippen LogP contribution in [-0.4, -0.2) is 29.2 Å². The number of rotatable bonds is 3. The smallest absolute Gasteiger partial charge is 0.297 e. The van der Waals surface area contributed by atoms with E-state index in [0.29, 0.717) is 26.1 Å². The highest BCUT2D eigenvalue weighted by molar-refractivity contribution is 6.34. The molecule has 1 aromatic rings. The van der Waals surface area contributed by atoms with Crippen molar-refractivity contribution in [2.24, 2.45) is 5.92 Å². The lowest BCUT2D eigenvalue weighted by molar-refractivity contribution is -0.384. The number of nitro benzene ring substituents is 1. The van der Waals surface area contributed by atoms with Gasteiger partial charge in [-0.15, -0.1) is 0 Å². The number of carbonyl (C=O) groups is 1. The van der Waals surface area contributed by atoms with Crippen LogP contribution in [0.5, 0.6) is 5.75 Å². The number of nitro groups is 1. The number of anilines is 1. The molecule has 20 heavy (non-hydrogen) atoms. The molecule has 1 fully saturated rings. The maximum Gasteiger partial charge on any atom is 0.297 e. The molecule has 0 bridgehead atoms. The minimum Gasteiger partial charge on any atom is -0.508 e. The molecule has 7 nitrogen and oxygen atoms in total. The number of halogens is 1. The number of nitrogens with zero attached hydrogens (tertiary/aromatic N) is 1. The van der Waals surface area contributed by atoms with Crippen molar-refractivity contribution in [3.05, 3.63) is 27.3 Å². The van der Waals surface area contributed by atoms with E-state index in [-0.39, 0.29) is 28.3 Å². The van der Waals surface area contributed by atoms with Gasteiger partial charge in [0.1, 0.15) is 11.4 Å². The van der Waals surface area contributed by atoms with E-state index in [2.05, 4.69) is 5.32 Å². The molecule has 1 heterocycles. The van der Waals surface area contributed by atoms with Gasteiger partial charge in [-0.25, -0.2) is 0 Å². The number of phenols is 1. The van der Waals surface area contributed by atoms with Gasteiger partial charge in [-0.05, 0) is 12.8 Å². The zero-order valence-corrected chi connectivity index (χ0v) is 11.2. The third-order valence-electron chi connectivity index (χ3n) is 3.09. The Morgan fingerprint density at radius 3 is 2.70 bits per heavy atom. The van der Waals surface area contributed by atoms with Gasteiger partial charge in [-0.2, -0.15) is 0 Å². The molecule has 0 atom stereocenters. The topological polar surface area (TPSA) is 102 Å². The molecule has 1 aromatic carbocycles. The minimum absolute atomic E-state index is 0.0721. The second kappa shape index (κ2) is 6.06. The predicted octanol–water partition coefficient (Wildman–Crippen LogP) is 2.32. The van der Waals surface area contributed by atoms with Crippen molar-refractivity contribution < 1.29 is 19.6 Å². The monoisotopic (exact) mass is 300 g/mol. The molecule has 0 aliphatic carbocycles. The highest BCUT2D eigenvalue weighted by atomic mass is 35.5. The molecule has 1 aliphatic rings. The van der Waals surface area contributed by atoms with Crippen LogP contribution in [0.3, 0.4) is 0 Å². The van der Waals surface area contributed by atoms with E-state index in [1.807, 2.05) is 0 Å². The molecule has 108 valence electrons. The minimum atomic E-state index is -0.703. The third-order valence-corrected chi connectivity index (χ3v) is 3.39. The molecule has 1 aliphatic heterocycles. The number of phenolic OH excluding ortho intramolecular Hbond substituents is 1. The first-order valence-corrected chi connectivity index (χ1v) is 6.42. The first-order chi connectivity index (χ1) is 9.49. The lowest BCUT2D eigenvalue weighted by Crippen LogP contribution is -2.28. The van der Waals surface area contributed by atoms with E-state index >= 15 is 0 Å². The standard InChI is InChI=1S/C12H13ClN2O5/c13-9-5-8(16)6-10(15(18)19)11(9)14-12(17)7-1-3-20-4-2-7/h5-7,16H,1-4H2,(H,14,17). The quantitative estimate of drug-likeness (QED) is 0.507. The molecular weight excluding hydrogens is 288 g/mol. The van der Waals surface area contributed by atoms with E-state index in [0.717, 1.165) is 12.1 Å². The summed E-state index contributed by atoms with van der Waals surface area (Å²) in [6.45, 7) is 0.979. The largest absolute Gasteiger partial charge is 0.508 e. The Morgan fingerprint density at radius 1 is 1.45 bits per heavy atom. The molecule has 2 rings (SSSR count). The molecule has 0 aromatic heterocycles. The van der Waals surface area contributed by atoms with E-state index in [9.17, 15) is 20.0 Å². The summed E-state index contributed by atoms with van der Waals surface area (Å²) in [6.07, 6.45) is 1.13. The fourth-order valence-electron chi connectivity index (χ4n) is 2.03. The summed E-state index contributed by atoms with van der Waals surface area (Å²) < 4.78 is 5.15. The second-order valence-corrected chi connectivity index (χ2v) is 4.86. The highest BCUT2D eigenvalue weighted by Gasteiger charge is 2.26. The van der Waals surface area contributed by atoms with Gasteiger partial charge < -0.3 is 15.2 Å². The average Bonchev–Trinajstić information content (AvgIpc) is 2.42. The summed E-state index contributed by atoms with van der Waals surface area (Å²) in [7, 11) is 0. The second-order valence-electron chi connectivity index (χ2n) is 4.45. The van der Waals surface area contributed by atoms with Crippen molar-refractivity contribution in [3.63, 3.8) is 0 Å². The van der Waals surface area contributed by atoms with Gasteiger partial charge in [0.25, 0.3) is 5.69 Å². The van der Waals surface area contributed by atoms with Crippen LogP contribution < -0.4 is 5.32 Å². The van der Waals surface area contributed by atoms with Crippen LogP contribution in [0.15, 0.2) is 12.1 Å². The van der Waals surface area contributed by atoms with Gasteiger partial charge in [0, 0.05) is 25.2 Å². The Bertz CT molecular complexity index is 543. The van der Waals surface area contributed by atoms with Gasteiger partial charge in [0.15, 0.2) is 0 Å². The Hall–Kier alpha value is -1.86. The van der Waals surface area contributed by atoms with Gasteiger partial charge >= 0.3 is 0 Å². The lowest BCUT2D eigenvalue weighted by atomic mass is 9.99. The Morgan fingerprint density at radius 2 is 2.10 bits per heavy atom. The average molecular weight is 301 g/mol. The van der Waals surface area contributed by atoms with Gasteiger partial charge in [-0.1, -0.05) is 11.6 Å². The summed E-state index contributed by atoms with van der Waals surface area (Å²) in [5.41, 5.74) is -0.527. The summed E-state index contributed by atoms with van der Waals surface area (Å²) >= 11 is 5.86. The summed E-state index contributed by atoms with van der Waals surface area (Å²) in [5.74, 6) is -0.914. The van der Waals surface area contributed by atoms with E-state index in [4.69, 9.17) is 16.3 Å². The number of benzene rings is 1. The number of ether oxygens (including phenoxy) is 1. The molecule has 0 unspecified atom stereocenters. The highest BCUT2D eigenvalue weighted by Crippen LogP contribution is 2.36. The van der Waals surface area contributed by atoms with Crippen LogP contribution >= 0.6 is 11.6 Å². The summed E-state index contributed by atoms with van der Waals surface area (Å²) in [5, 5.41) is 22.7. The molecule has 1 amide bonds. The maximum atomic E-state index is 12.1. The third kappa shape index (κ3) is 3.17. The number of carbonyl (C=O) groups excluding carboxylic acids is 1. The van der Waals surface area contributed by atoms with Crippen LogP contribution in [0.4, 0.5) is 11.4 Å². The molecule has 1 saturated heterocycles. The number of nitrogens with one attached hydrogen (secondary N) is 1. The van der Waals surface area contributed by atoms with Crippen LogP contribution in [0, 0.1) is 16.0 Å². The summed E-state index contributed by atoms with van der Waals surface area (Å²) in [6, 6.07) is 2.10. The lowest BCUT2D eigenvalue weighted by Gasteiger charge is -2.21. The van der Waals surface area contributed by atoms with E-state index in [1.54, 1.807) is 0 Å². The van der Waals surface area contributed by atoms with Crippen molar-refractivity contribution in [2.45, 2.75) is 12.8 Å². The maximum absolute atomic E-state index is 12.1. The van der Waals surface area contributed by atoms with Crippen molar-refractivity contribution in [2.75, 3.05) is 18.5 Å². The molecule has 8 heteroatoms. The molecule has 0 saturated carbocycles. The molecule has 2 N–H and O–H groups in total. The van der Waals surface area contributed by atoms with Gasteiger partial charge in [0.05, 0.1) is 16.0 Å². The first-order valence-electron chi connectivity index (χ1n) is 6.04. The fourth-order valence-corrected chi connectivity index (χ4v) is 2.29. The SMILES string of the molecule is O=C(Nc1c(Cl)cc(O)cc1[N+](=O)[O-])C1CCOCC1. The van der Waals surface area contributed by atoms with Gasteiger partial charge in [0.2, 0.25) is 5.91 Å². The predicted molar refractivity (Wildman–Crippen MR) is 71.9 cm³/mol. The zero-order valence-electron chi connectivity index (χ0n) is 10.5. The molecule has 0 spiro atoms. The Balaban J connectivity index is 2.23. The fraction of sp³-hybridized carbons (Fsp3) is 0.417. The normalized spacial score (nSPS) is 15.8. The van der Waals surface area contributed by atoms with Crippen LogP contribution in [0.25, 0.3) is 0 Å². The number of amides is 1. The van der Waals surface area contributed by atoms with E-state index < -0.39 is 10.6 Å². The first kappa shape index (κ1) is 14.5. The molecule has 0 radical (unpaired) electrons. The number of hydrogen-bond donors (Lipinski definition) is 2. The van der Waals surface area contributed by atoms with Crippen molar-refractivity contribution in [3.8, 4) is 5.75 Å². The molecular formula is C12H13ClN2O5. The van der Waals surface area contributed by atoms with Gasteiger partial charge in [-0.3, -0.25) is 14.9 Å². The van der Waals surface area contributed by atoms with Crippen LogP contribution in [0.2, 0.25) is 5.02 Å². The van der Waals surface area contributed by atoms with Crippen molar-refractivity contribution in [1.82, 2.24) is 0 Å². The Labute approximate surface area is 119 Å². The number of hydrogen-bond acceptors (Lipinski definition) is 5. The Kier molecular flexibility index (Phi) is 4.41. The van der Waals surface area contributed by atoms with Crippen LogP contribution in [0.1, 0.15) is 12.8 Å².